The molecule has 0 fully saturated rings. The van der Waals surface area contributed by atoms with Crippen LogP contribution in [0.1, 0.15) is 21.6 Å². The third-order valence-electron chi connectivity index (χ3n) is 2.95. The number of nitrogens with zero attached hydrogens (tertiary/aromatic N) is 2. The van der Waals surface area contributed by atoms with Gasteiger partial charge in [-0.3, -0.25) is 4.68 Å². The van der Waals surface area contributed by atoms with Gasteiger partial charge < -0.3 is 10.4 Å². The molecule has 0 amide bonds. The topological polar surface area (TPSA) is 67.2 Å². The number of anilines is 1. The zero-order valence-corrected chi connectivity index (χ0v) is 11.0. The van der Waals surface area contributed by atoms with E-state index in [1.165, 1.54) is 6.07 Å². The molecule has 1 aromatic carbocycles. The van der Waals surface area contributed by atoms with Crippen molar-refractivity contribution >= 4 is 11.7 Å². The number of aromatic nitrogens is 2. The van der Waals surface area contributed by atoms with Gasteiger partial charge in [-0.05, 0) is 24.3 Å². The number of aryl methyl sites for hydroxylation is 1. The second kappa shape index (κ2) is 5.47. The molecule has 5 nitrogen and oxygen atoms in total. The minimum atomic E-state index is -4.72. The molecule has 0 saturated carbocycles. The fourth-order valence-corrected chi connectivity index (χ4v) is 1.84. The molecule has 0 bridgehead atoms. The van der Waals surface area contributed by atoms with Crippen molar-refractivity contribution in [3.63, 3.8) is 0 Å². The van der Waals surface area contributed by atoms with E-state index in [-0.39, 0.29) is 12.2 Å². The van der Waals surface area contributed by atoms with Crippen LogP contribution in [0.15, 0.2) is 30.5 Å². The van der Waals surface area contributed by atoms with Crippen LogP contribution in [-0.2, 0) is 19.8 Å². The number of carboxylic acids is 1. The summed E-state index contributed by atoms with van der Waals surface area (Å²) in [6.45, 7) is 0.278. The molecule has 8 heteroatoms. The largest absolute Gasteiger partial charge is 0.478 e. The van der Waals surface area contributed by atoms with Gasteiger partial charge in [-0.2, -0.15) is 18.3 Å². The van der Waals surface area contributed by atoms with Crippen LogP contribution in [0.4, 0.5) is 18.9 Å². The van der Waals surface area contributed by atoms with Crippen LogP contribution in [0, 0.1) is 0 Å². The molecule has 0 radical (unpaired) electrons. The van der Waals surface area contributed by atoms with Crippen molar-refractivity contribution in [1.29, 1.82) is 0 Å². The summed E-state index contributed by atoms with van der Waals surface area (Å²) in [6.07, 6.45) is -3.15. The van der Waals surface area contributed by atoms with Gasteiger partial charge >= 0.3 is 12.1 Å². The van der Waals surface area contributed by atoms with Crippen LogP contribution in [0.3, 0.4) is 0 Å². The van der Waals surface area contributed by atoms with E-state index in [9.17, 15) is 18.0 Å². The minimum Gasteiger partial charge on any atom is -0.478 e. The van der Waals surface area contributed by atoms with E-state index in [0.717, 1.165) is 17.8 Å². The third-order valence-corrected chi connectivity index (χ3v) is 2.95. The highest BCUT2D eigenvalue weighted by atomic mass is 19.4. The lowest BCUT2D eigenvalue weighted by Crippen LogP contribution is -2.14. The zero-order chi connectivity index (χ0) is 15.6. The molecule has 0 saturated heterocycles. The predicted molar refractivity (Wildman–Crippen MR) is 68.9 cm³/mol. The van der Waals surface area contributed by atoms with E-state index in [4.69, 9.17) is 5.11 Å². The van der Waals surface area contributed by atoms with Gasteiger partial charge in [0.05, 0.1) is 23.4 Å². The second-order valence-corrected chi connectivity index (χ2v) is 4.36. The minimum absolute atomic E-state index is 0.188. The van der Waals surface area contributed by atoms with Crippen LogP contribution in [0.2, 0.25) is 0 Å². The summed E-state index contributed by atoms with van der Waals surface area (Å²) in [4.78, 5) is 10.8. The number of rotatable bonds is 4. The monoisotopic (exact) mass is 299 g/mol. The number of benzene rings is 1. The highest BCUT2D eigenvalue weighted by Crippen LogP contribution is 2.34. The quantitative estimate of drug-likeness (QED) is 0.911. The molecule has 0 aliphatic heterocycles. The average Bonchev–Trinajstić information content (AvgIpc) is 2.80. The van der Waals surface area contributed by atoms with Crippen molar-refractivity contribution < 1.29 is 23.1 Å². The Balaban J connectivity index is 2.26. The number of carboxylic acid groups (broad SMARTS) is 1. The Hall–Kier alpha value is -2.51. The van der Waals surface area contributed by atoms with E-state index in [1.807, 2.05) is 0 Å². The average molecular weight is 299 g/mol. The molecule has 0 aliphatic rings. The van der Waals surface area contributed by atoms with Gasteiger partial charge in [-0.15, -0.1) is 0 Å². The zero-order valence-electron chi connectivity index (χ0n) is 11.0. The number of nitrogens with one attached hydrogen (secondary N) is 1. The summed E-state index contributed by atoms with van der Waals surface area (Å²) in [6, 6.07) is 4.76. The van der Waals surface area contributed by atoms with Crippen molar-refractivity contribution in [3.05, 3.63) is 47.3 Å². The standard InChI is InChI=1S/C13H12F3N3O2/c1-19-9(4-5-18-19)7-17-8-2-3-10(12(20)21)11(6-8)13(14,15)16/h2-6,17H,7H2,1H3,(H,20,21). The Morgan fingerprint density at radius 3 is 2.62 bits per heavy atom. The van der Waals surface area contributed by atoms with Crippen molar-refractivity contribution in [2.45, 2.75) is 12.7 Å². The Morgan fingerprint density at radius 1 is 1.38 bits per heavy atom. The van der Waals surface area contributed by atoms with Crippen LogP contribution >= 0.6 is 0 Å². The van der Waals surface area contributed by atoms with Gasteiger partial charge in [-0.25, -0.2) is 4.79 Å². The van der Waals surface area contributed by atoms with E-state index in [0.29, 0.717) is 0 Å². The highest BCUT2D eigenvalue weighted by molar-refractivity contribution is 5.90. The third kappa shape index (κ3) is 3.33. The Kier molecular flexibility index (Phi) is 3.88. The normalized spacial score (nSPS) is 11.4. The van der Waals surface area contributed by atoms with Gasteiger partial charge in [0.15, 0.2) is 0 Å². The molecule has 0 unspecified atom stereocenters. The fourth-order valence-electron chi connectivity index (χ4n) is 1.84. The molecular formula is C13H12F3N3O2. The maximum atomic E-state index is 12.9. The molecule has 2 N–H and O–H groups in total. The summed E-state index contributed by atoms with van der Waals surface area (Å²) < 4.78 is 40.2. The number of halogens is 3. The van der Waals surface area contributed by atoms with Crippen LogP contribution in [0.5, 0.6) is 0 Å². The van der Waals surface area contributed by atoms with Gasteiger partial charge in [-0.1, -0.05) is 0 Å². The molecule has 0 aliphatic carbocycles. The Bertz CT molecular complexity index is 665. The molecule has 2 rings (SSSR count). The fraction of sp³-hybridized carbons (Fsp3) is 0.231. The van der Waals surface area contributed by atoms with E-state index in [1.54, 1.807) is 24.0 Å². The van der Waals surface area contributed by atoms with Gasteiger partial charge in [0.2, 0.25) is 0 Å². The lowest BCUT2D eigenvalue weighted by molar-refractivity contribution is -0.138. The maximum Gasteiger partial charge on any atom is 0.417 e. The molecule has 2 aromatic rings. The summed E-state index contributed by atoms with van der Waals surface area (Å²) in [5.74, 6) is -1.61. The van der Waals surface area contributed by atoms with Crippen molar-refractivity contribution in [2.24, 2.45) is 7.05 Å². The van der Waals surface area contributed by atoms with Crippen molar-refractivity contribution in [3.8, 4) is 0 Å². The number of aromatic carboxylic acids is 1. The maximum absolute atomic E-state index is 12.9. The first-order valence-corrected chi connectivity index (χ1v) is 5.94. The van der Waals surface area contributed by atoms with Crippen LogP contribution < -0.4 is 5.32 Å². The van der Waals surface area contributed by atoms with E-state index in [2.05, 4.69) is 10.4 Å². The molecule has 112 valence electrons. The lowest BCUT2D eigenvalue weighted by atomic mass is 10.1. The Morgan fingerprint density at radius 2 is 2.10 bits per heavy atom. The highest BCUT2D eigenvalue weighted by Gasteiger charge is 2.35. The number of hydrogen-bond acceptors (Lipinski definition) is 3. The summed E-state index contributed by atoms with van der Waals surface area (Å²) in [5, 5.41) is 15.6. The summed E-state index contributed by atoms with van der Waals surface area (Å²) in [7, 11) is 1.71. The molecule has 0 spiro atoms. The molecule has 21 heavy (non-hydrogen) atoms. The second-order valence-electron chi connectivity index (χ2n) is 4.36. The van der Waals surface area contributed by atoms with Crippen LogP contribution in [0.25, 0.3) is 0 Å². The summed E-state index contributed by atoms with van der Waals surface area (Å²) >= 11 is 0. The molecule has 1 heterocycles. The molecular weight excluding hydrogens is 287 g/mol. The molecule has 0 atom stereocenters. The first kappa shape index (κ1) is 14.9. The lowest BCUT2D eigenvalue weighted by Gasteiger charge is -2.13. The predicted octanol–water partition coefficient (Wildman–Crippen LogP) is 2.75. The van der Waals surface area contributed by atoms with Crippen molar-refractivity contribution in [1.82, 2.24) is 9.78 Å². The first-order chi connectivity index (χ1) is 9.79. The van der Waals surface area contributed by atoms with Gasteiger partial charge in [0, 0.05) is 18.9 Å². The number of carbonyl (C=O) groups is 1. The summed E-state index contributed by atoms with van der Waals surface area (Å²) in [5.41, 5.74) is -0.974. The SMILES string of the molecule is Cn1nccc1CNc1ccc(C(=O)O)c(C(F)(F)F)c1. The van der Waals surface area contributed by atoms with Gasteiger partial charge in [0.25, 0.3) is 0 Å². The molecule has 1 aromatic heterocycles. The number of hydrogen-bond donors (Lipinski definition) is 2. The van der Waals surface area contributed by atoms with E-state index < -0.39 is 23.3 Å². The smallest absolute Gasteiger partial charge is 0.417 e. The van der Waals surface area contributed by atoms with Crippen LogP contribution in [-0.4, -0.2) is 20.9 Å². The van der Waals surface area contributed by atoms with Gasteiger partial charge in [0.1, 0.15) is 0 Å². The van der Waals surface area contributed by atoms with E-state index >= 15 is 0 Å². The number of alkyl halides is 3. The Labute approximate surface area is 118 Å². The first-order valence-electron chi connectivity index (χ1n) is 5.94. The van der Waals surface area contributed by atoms with Crippen molar-refractivity contribution in [2.75, 3.05) is 5.32 Å².